The van der Waals surface area contributed by atoms with Crippen molar-refractivity contribution in [2.75, 3.05) is 6.61 Å². The van der Waals surface area contributed by atoms with Gasteiger partial charge in [-0.15, -0.1) is 0 Å². The van der Waals surface area contributed by atoms with Crippen molar-refractivity contribution in [3.63, 3.8) is 0 Å². The molecule has 0 heterocycles. The minimum absolute atomic E-state index is 0.0785. The molecule has 0 bridgehead atoms. The maximum absolute atomic E-state index is 12.8. The Hall–Kier alpha value is -2.64. The second-order valence-corrected chi connectivity index (χ2v) is 5.82. The van der Waals surface area contributed by atoms with Crippen LogP contribution in [0.5, 0.6) is 5.75 Å². The number of amides is 3. The van der Waals surface area contributed by atoms with Crippen molar-refractivity contribution < 1.29 is 28.2 Å². The van der Waals surface area contributed by atoms with E-state index in [1.54, 1.807) is 0 Å². The largest absolute Gasteiger partial charge is 0.482 e. The fourth-order valence-corrected chi connectivity index (χ4v) is 2.46. The molecule has 1 fully saturated rings. The van der Waals surface area contributed by atoms with Crippen LogP contribution in [0.4, 0.5) is 9.18 Å². The monoisotopic (exact) mass is 352 g/mol. The summed E-state index contributed by atoms with van der Waals surface area (Å²) in [6, 6.07) is 4.61. The van der Waals surface area contributed by atoms with E-state index in [1.165, 1.54) is 31.2 Å². The molecule has 0 radical (unpaired) electrons. The summed E-state index contributed by atoms with van der Waals surface area (Å²) in [7, 11) is 0. The number of carbonyl (C=O) groups excluding carboxylic acids is 3. The van der Waals surface area contributed by atoms with Crippen LogP contribution in [0.25, 0.3) is 0 Å². The van der Waals surface area contributed by atoms with Crippen LogP contribution in [0.2, 0.25) is 0 Å². The summed E-state index contributed by atoms with van der Waals surface area (Å²) in [5.74, 6) is -1.61. The number of hydrogen-bond donors (Lipinski definition) is 2. The number of urea groups is 1. The molecule has 7 nitrogen and oxygen atoms in total. The molecule has 1 aliphatic carbocycles. The lowest BCUT2D eigenvalue weighted by molar-refractivity contribution is -0.156. The van der Waals surface area contributed by atoms with E-state index in [4.69, 9.17) is 9.47 Å². The molecular weight excluding hydrogens is 331 g/mol. The minimum atomic E-state index is -1.14. The number of benzene rings is 1. The van der Waals surface area contributed by atoms with Crippen molar-refractivity contribution in [2.45, 2.75) is 44.8 Å². The van der Waals surface area contributed by atoms with E-state index in [9.17, 15) is 18.8 Å². The molecule has 0 unspecified atom stereocenters. The van der Waals surface area contributed by atoms with Crippen molar-refractivity contribution in [1.82, 2.24) is 10.6 Å². The molecule has 0 aliphatic heterocycles. The Bertz CT molecular complexity index is 614. The van der Waals surface area contributed by atoms with Crippen LogP contribution in [0.15, 0.2) is 24.3 Å². The highest BCUT2D eigenvalue weighted by atomic mass is 19.1. The number of imide groups is 1. The lowest BCUT2D eigenvalue weighted by atomic mass is 10.2. The van der Waals surface area contributed by atoms with Gasteiger partial charge in [0.05, 0.1) is 0 Å². The fourth-order valence-electron chi connectivity index (χ4n) is 2.46. The maximum Gasteiger partial charge on any atom is 0.344 e. The number of ether oxygens (including phenoxy) is 2. The second kappa shape index (κ2) is 9.00. The van der Waals surface area contributed by atoms with Gasteiger partial charge in [0.15, 0.2) is 12.7 Å². The molecular formula is C17H21FN2O5. The van der Waals surface area contributed by atoms with Gasteiger partial charge in [-0.1, -0.05) is 12.8 Å². The molecule has 1 aromatic rings. The normalized spacial score (nSPS) is 15.3. The van der Waals surface area contributed by atoms with Crippen LogP contribution in [-0.4, -0.2) is 36.7 Å². The topological polar surface area (TPSA) is 93.7 Å². The molecule has 0 aromatic heterocycles. The third kappa shape index (κ3) is 6.40. The van der Waals surface area contributed by atoms with Crippen LogP contribution in [0, 0.1) is 5.82 Å². The number of halogens is 1. The number of esters is 1. The standard InChI is InChI=1S/C17H21FN2O5/c1-11(16(22)20-17(23)19-13-4-2-3-5-13)25-15(21)10-24-14-8-6-12(18)7-9-14/h6-9,11,13H,2-5,10H2,1H3,(H2,19,20,22,23)/t11-/m0/s1. The number of carbonyl (C=O) groups is 3. The fraction of sp³-hybridized carbons (Fsp3) is 0.471. The van der Waals surface area contributed by atoms with E-state index in [-0.39, 0.29) is 6.04 Å². The molecule has 1 aromatic carbocycles. The first-order chi connectivity index (χ1) is 11.9. The van der Waals surface area contributed by atoms with Gasteiger partial charge in [0.2, 0.25) is 0 Å². The first-order valence-corrected chi connectivity index (χ1v) is 8.13. The molecule has 25 heavy (non-hydrogen) atoms. The average molecular weight is 352 g/mol. The molecule has 2 rings (SSSR count). The van der Waals surface area contributed by atoms with Gasteiger partial charge in [-0.3, -0.25) is 10.1 Å². The summed E-state index contributed by atoms with van der Waals surface area (Å²) in [6.07, 6.45) is 2.76. The number of rotatable bonds is 6. The maximum atomic E-state index is 12.8. The molecule has 8 heteroatoms. The van der Waals surface area contributed by atoms with Crippen molar-refractivity contribution in [3.8, 4) is 5.75 Å². The van der Waals surface area contributed by atoms with Crippen LogP contribution in [-0.2, 0) is 14.3 Å². The zero-order valence-electron chi connectivity index (χ0n) is 13.9. The highest BCUT2D eigenvalue weighted by Crippen LogP contribution is 2.17. The SMILES string of the molecule is C[C@H](OC(=O)COc1ccc(F)cc1)C(=O)NC(=O)NC1CCCC1. The predicted molar refractivity (Wildman–Crippen MR) is 86.4 cm³/mol. The third-order valence-corrected chi connectivity index (χ3v) is 3.77. The van der Waals surface area contributed by atoms with Crippen LogP contribution in [0.1, 0.15) is 32.6 Å². The van der Waals surface area contributed by atoms with Crippen molar-refractivity contribution >= 4 is 17.9 Å². The van der Waals surface area contributed by atoms with Gasteiger partial charge in [-0.2, -0.15) is 0 Å². The second-order valence-electron chi connectivity index (χ2n) is 5.82. The van der Waals surface area contributed by atoms with Gasteiger partial charge in [0.25, 0.3) is 5.91 Å². The Balaban J connectivity index is 1.69. The Morgan fingerprint density at radius 1 is 1.20 bits per heavy atom. The highest BCUT2D eigenvalue weighted by Gasteiger charge is 2.22. The molecule has 0 saturated heterocycles. The van der Waals surface area contributed by atoms with Crippen LogP contribution in [0.3, 0.4) is 0 Å². The summed E-state index contributed by atoms with van der Waals surface area (Å²) >= 11 is 0. The zero-order chi connectivity index (χ0) is 18.2. The minimum Gasteiger partial charge on any atom is -0.482 e. The smallest absolute Gasteiger partial charge is 0.344 e. The van der Waals surface area contributed by atoms with E-state index in [0.29, 0.717) is 5.75 Å². The quantitative estimate of drug-likeness (QED) is 0.763. The molecule has 2 N–H and O–H groups in total. The summed E-state index contributed by atoms with van der Waals surface area (Å²) in [5, 5.41) is 4.85. The van der Waals surface area contributed by atoms with Crippen molar-refractivity contribution in [2.24, 2.45) is 0 Å². The summed E-state index contributed by atoms with van der Waals surface area (Å²) in [4.78, 5) is 35.2. The Kier molecular flexibility index (Phi) is 6.73. The molecule has 1 saturated carbocycles. The summed E-state index contributed by atoms with van der Waals surface area (Å²) in [6.45, 7) is 0.922. The summed E-state index contributed by atoms with van der Waals surface area (Å²) in [5.41, 5.74) is 0. The van der Waals surface area contributed by atoms with Gasteiger partial charge >= 0.3 is 12.0 Å². The van der Waals surface area contributed by atoms with E-state index in [0.717, 1.165) is 25.7 Å². The van der Waals surface area contributed by atoms with Gasteiger partial charge in [0.1, 0.15) is 11.6 Å². The predicted octanol–water partition coefficient (Wildman–Crippen LogP) is 1.90. The van der Waals surface area contributed by atoms with Gasteiger partial charge in [0, 0.05) is 6.04 Å². The van der Waals surface area contributed by atoms with Crippen LogP contribution < -0.4 is 15.4 Å². The molecule has 136 valence electrons. The highest BCUT2D eigenvalue weighted by molar-refractivity contribution is 5.97. The number of nitrogens with one attached hydrogen (secondary N) is 2. The molecule has 1 atom stereocenters. The van der Waals surface area contributed by atoms with Gasteiger partial charge in [-0.25, -0.2) is 14.0 Å². The number of hydrogen-bond acceptors (Lipinski definition) is 5. The van der Waals surface area contributed by atoms with E-state index >= 15 is 0 Å². The van der Waals surface area contributed by atoms with Crippen LogP contribution >= 0.6 is 0 Å². The average Bonchev–Trinajstić information content (AvgIpc) is 3.07. The van der Waals surface area contributed by atoms with E-state index in [2.05, 4.69) is 10.6 Å². The van der Waals surface area contributed by atoms with E-state index in [1.807, 2.05) is 0 Å². The first-order valence-electron chi connectivity index (χ1n) is 8.13. The lowest BCUT2D eigenvalue weighted by Gasteiger charge is -2.15. The lowest BCUT2D eigenvalue weighted by Crippen LogP contribution is -2.47. The molecule has 0 spiro atoms. The Morgan fingerprint density at radius 2 is 1.84 bits per heavy atom. The first kappa shape index (κ1) is 18.7. The third-order valence-electron chi connectivity index (χ3n) is 3.77. The van der Waals surface area contributed by atoms with E-state index < -0.39 is 36.4 Å². The molecule has 3 amide bonds. The van der Waals surface area contributed by atoms with Crippen molar-refractivity contribution in [3.05, 3.63) is 30.1 Å². The van der Waals surface area contributed by atoms with Crippen molar-refractivity contribution in [1.29, 1.82) is 0 Å². The van der Waals surface area contributed by atoms with Gasteiger partial charge in [-0.05, 0) is 44.0 Å². The zero-order valence-corrected chi connectivity index (χ0v) is 13.9. The Morgan fingerprint density at radius 3 is 2.48 bits per heavy atom. The Labute approximate surface area is 144 Å². The molecule has 1 aliphatic rings. The van der Waals surface area contributed by atoms with Gasteiger partial charge < -0.3 is 14.8 Å². The summed E-state index contributed by atoms with van der Waals surface area (Å²) < 4.78 is 22.8.